The summed E-state index contributed by atoms with van der Waals surface area (Å²) in [6, 6.07) is 48.1. The fourth-order valence-corrected chi connectivity index (χ4v) is 6.63. The maximum absolute atomic E-state index is 6.28. The third-order valence-corrected chi connectivity index (χ3v) is 9.06. The molecule has 7 heteroatoms. The van der Waals surface area contributed by atoms with Gasteiger partial charge >= 0.3 is 0 Å². The summed E-state index contributed by atoms with van der Waals surface area (Å²) in [6.45, 7) is 0. The van der Waals surface area contributed by atoms with Crippen molar-refractivity contribution in [1.82, 2.24) is 19.9 Å². The molecule has 4 heterocycles. The lowest BCUT2D eigenvalue weighted by molar-refractivity contribution is 0.360. The van der Waals surface area contributed by atoms with E-state index in [9.17, 15) is 0 Å². The first-order valence-electron chi connectivity index (χ1n) is 16.6. The number of rotatable bonds is 5. The molecule has 3 aromatic heterocycles. The summed E-state index contributed by atoms with van der Waals surface area (Å²) in [7, 11) is 0. The molecule has 0 spiro atoms. The number of hydrogen-bond donors (Lipinski definition) is 0. The third kappa shape index (κ3) is 5.16. The average Bonchev–Trinajstić information content (AvgIpc) is 3.59. The molecule has 0 atom stereocenters. The van der Waals surface area contributed by atoms with Crippen LogP contribution in [0.1, 0.15) is 0 Å². The van der Waals surface area contributed by atoms with Crippen molar-refractivity contribution in [2.45, 2.75) is 0 Å². The SMILES string of the molecule is c1ccc(-c2nc(-c3cc(-c4cccnc4)cc(-c4ccc5c(c4)Oc4ccccc4O5)c3)nc(-c3cccc4oc5ccccc5c34)n2)cc1. The standard InChI is InChI=1S/C44H26N4O3/c1-2-10-27(11-3-1)42-46-43(48-44(47-42)34-14-8-18-39-41(34)33-13-4-5-15-35(33)49-39)32-23-30(22-31(24-32)29-12-9-21-45-26-29)28-19-20-38-40(25-28)51-37-17-7-6-16-36(37)50-38/h1-26H. The van der Waals surface area contributed by atoms with E-state index in [1.807, 2.05) is 121 Å². The Kier molecular flexibility index (Phi) is 6.67. The highest BCUT2D eigenvalue weighted by Gasteiger charge is 2.21. The van der Waals surface area contributed by atoms with Gasteiger partial charge in [0.2, 0.25) is 0 Å². The van der Waals surface area contributed by atoms with Crippen LogP contribution in [-0.4, -0.2) is 19.9 Å². The van der Waals surface area contributed by atoms with Crippen molar-refractivity contribution in [2.75, 3.05) is 0 Å². The molecule has 0 bridgehead atoms. The highest BCUT2D eigenvalue weighted by atomic mass is 16.6. The zero-order chi connectivity index (χ0) is 33.7. The van der Waals surface area contributed by atoms with Crippen LogP contribution in [0.15, 0.2) is 162 Å². The highest BCUT2D eigenvalue weighted by Crippen LogP contribution is 2.47. The Morgan fingerprint density at radius 2 is 1.04 bits per heavy atom. The first kappa shape index (κ1) is 28.9. The number of para-hydroxylation sites is 3. The number of furan rings is 1. The van der Waals surface area contributed by atoms with Crippen LogP contribution >= 0.6 is 0 Å². The predicted molar refractivity (Wildman–Crippen MR) is 199 cm³/mol. The van der Waals surface area contributed by atoms with Crippen LogP contribution in [-0.2, 0) is 0 Å². The molecule has 0 unspecified atom stereocenters. The monoisotopic (exact) mass is 658 g/mol. The van der Waals surface area contributed by atoms with Crippen LogP contribution in [0.4, 0.5) is 0 Å². The van der Waals surface area contributed by atoms with E-state index in [1.54, 1.807) is 6.20 Å². The van der Waals surface area contributed by atoms with Crippen molar-refractivity contribution in [3.8, 4) is 79.4 Å². The molecule has 51 heavy (non-hydrogen) atoms. The van der Waals surface area contributed by atoms with Gasteiger partial charge in [0.25, 0.3) is 0 Å². The van der Waals surface area contributed by atoms with E-state index in [2.05, 4.69) is 35.3 Å². The molecule has 1 aliphatic rings. The van der Waals surface area contributed by atoms with Gasteiger partial charge in [-0.2, -0.15) is 0 Å². The Morgan fingerprint density at radius 3 is 1.86 bits per heavy atom. The van der Waals surface area contributed by atoms with Crippen LogP contribution in [0.2, 0.25) is 0 Å². The lowest BCUT2D eigenvalue weighted by atomic mass is 9.96. The zero-order valence-corrected chi connectivity index (χ0v) is 27.0. The second kappa shape index (κ2) is 11.8. The minimum absolute atomic E-state index is 0.544. The molecule has 0 fully saturated rings. The number of hydrogen-bond acceptors (Lipinski definition) is 7. The van der Waals surface area contributed by atoms with Gasteiger partial charge in [-0.3, -0.25) is 4.98 Å². The number of ether oxygens (including phenoxy) is 2. The van der Waals surface area contributed by atoms with Gasteiger partial charge in [-0.1, -0.05) is 84.9 Å². The van der Waals surface area contributed by atoms with E-state index >= 15 is 0 Å². The molecule has 6 aromatic carbocycles. The van der Waals surface area contributed by atoms with Crippen molar-refractivity contribution >= 4 is 21.9 Å². The number of fused-ring (bicyclic) bond motifs is 5. The molecule has 0 aliphatic carbocycles. The molecule has 10 rings (SSSR count). The Hall–Kier alpha value is -7.12. The second-order valence-corrected chi connectivity index (χ2v) is 12.3. The summed E-state index contributed by atoms with van der Waals surface area (Å²) in [6.07, 6.45) is 3.64. The van der Waals surface area contributed by atoms with Gasteiger partial charge in [-0.15, -0.1) is 0 Å². The third-order valence-electron chi connectivity index (χ3n) is 9.06. The van der Waals surface area contributed by atoms with Gasteiger partial charge in [0, 0.05) is 45.4 Å². The molecular formula is C44H26N4O3. The maximum atomic E-state index is 6.28. The average molecular weight is 659 g/mol. The molecule has 0 N–H and O–H groups in total. The topological polar surface area (TPSA) is 83.2 Å². The van der Waals surface area contributed by atoms with Crippen molar-refractivity contribution in [2.24, 2.45) is 0 Å². The quantitative estimate of drug-likeness (QED) is 0.182. The fourth-order valence-electron chi connectivity index (χ4n) is 6.63. The van der Waals surface area contributed by atoms with Gasteiger partial charge < -0.3 is 13.9 Å². The molecule has 0 saturated carbocycles. The lowest BCUT2D eigenvalue weighted by Gasteiger charge is -2.21. The predicted octanol–water partition coefficient (Wildman–Crippen LogP) is 11.4. The van der Waals surface area contributed by atoms with E-state index in [0.717, 1.165) is 60.9 Å². The lowest BCUT2D eigenvalue weighted by Crippen LogP contribution is -2.01. The summed E-state index contributed by atoms with van der Waals surface area (Å²) >= 11 is 0. The van der Waals surface area contributed by atoms with E-state index < -0.39 is 0 Å². The molecule has 0 amide bonds. The first-order valence-corrected chi connectivity index (χ1v) is 16.6. The van der Waals surface area contributed by atoms with Gasteiger partial charge in [-0.05, 0) is 77.4 Å². The van der Waals surface area contributed by atoms with E-state index in [0.29, 0.717) is 40.5 Å². The first-order chi connectivity index (χ1) is 25.2. The Morgan fingerprint density at radius 1 is 0.392 bits per heavy atom. The Bertz CT molecular complexity index is 2760. The summed E-state index contributed by atoms with van der Waals surface area (Å²) in [4.78, 5) is 19.7. The number of nitrogens with zero attached hydrogens (tertiary/aromatic N) is 4. The van der Waals surface area contributed by atoms with Crippen LogP contribution in [0.25, 0.3) is 78.4 Å². The fraction of sp³-hybridized carbons (Fsp3) is 0. The van der Waals surface area contributed by atoms with Gasteiger partial charge in [0.1, 0.15) is 11.2 Å². The molecule has 9 aromatic rings. The summed E-state index contributed by atoms with van der Waals surface area (Å²) in [5.74, 6) is 4.36. The Balaban J connectivity index is 1.18. The van der Waals surface area contributed by atoms with Gasteiger partial charge in [0.05, 0.1) is 0 Å². The van der Waals surface area contributed by atoms with Crippen molar-refractivity contribution in [3.63, 3.8) is 0 Å². The van der Waals surface area contributed by atoms with Crippen molar-refractivity contribution < 1.29 is 13.9 Å². The van der Waals surface area contributed by atoms with Crippen LogP contribution in [0.5, 0.6) is 23.0 Å². The summed E-state index contributed by atoms with van der Waals surface area (Å²) < 4.78 is 18.7. The largest absolute Gasteiger partial charge is 0.456 e. The normalized spacial score (nSPS) is 11.8. The Labute approximate surface area is 292 Å². The summed E-state index contributed by atoms with van der Waals surface area (Å²) in [5, 5.41) is 1.97. The zero-order valence-electron chi connectivity index (χ0n) is 27.0. The second-order valence-electron chi connectivity index (χ2n) is 12.3. The van der Waals surface area contributed by atoms with Crippen molar-refractivity contribution in [3.05, 3.63) is 158 Å². The van der Waals surface area contributed by atoms with E-state index in [4.69, 9.17) is 28.8 Å². The molecular weight excluding hydrogens is 633 g/mol. The minimum Gasteiger partial charge on any atom is -0.456 e. The maximum Gasteiger partial charge on any atom is 0.170 e. The van der Waals surface area contributed by atoms with E-state index in [1.165, 1.54) is 0 Å². The smallest absolute Gasteiger partial charge is 0.170 e. The number of pyridine rings is 1. The molecule has 240 valence electrons. The molecule has 1 aliphatic heterocycles. The number of benzene rings is 6. The van der Waals surface area contributed by atoms with Crippen LogP contribution < -0.4 is 9.47 Å². The molecule has 0 radical (unpaired) electrons. The van der Waals surface area contributed by atoms with E-state index in [-0.39, 0.29) is 0 Å². The minimum atomic E-state index is 0.544. The summed E-state index contributed by atoms with van der Waals surface area (Å²) in [5.41, 5.74) is 8.04. The van der Waals surface area contributed by atoms with Gasteiger partial charge in [0.15, 0.2) is 40.5 Å². The van der Waals surface area contributed by atoms with Crippen LogP contribution in [0, 0.1) is 0 Å². The molecule has 0 saturated heterocycles. The number of aromatic nitrogens is 4. The molecule has 7 nitrogen and oxygen atoms in total. The van der Waals surface area contributed by atoms with Crippen molar-refractivity contribution in [1.29, 1.82) is 0 Å². The highest BCUT2D eigenvalue weighted by molar-refractivity contribution is 6.11. The van der Waals surface area contributed by atoms with Crippen LogP contribution in [0.3, 0.4) is 0 Å². The van der Waals surface area contributed by atoms with Gasteiger partial charge in [-0.25, -0.2) is 15.0 Å².